The largest absolute Gasteiger partial charge is 0.399 e. The van der Waals surface area contributed by atoms with Crippen molar-refractivity contribution < 1.29 is 35.8 Å². The molecule has 1 aliphatic rings. The van der Waals surface area contributed by atoms with Gasteiger partial charge in [-0.15, -0.1) is 0 Å². The van der Waals surface area contributed by atoms with Crippen molar-refractivity contribution in [1.29, 1.82) is 0 Å². The molecular formula is C13H19NO3W. The Kier molecular flexibility index (Phi) is 7.34. The summed E-state index contributed by atoms with van der Waals surface area (Å²) in [6.07, 6.45) is 1.36. The first-order valence-electron chi connectivity index (χ1n) is 5.60. The van der Waals surface area contributed by atoms with Gasteiger partial charge >= 0.3 is 0 Å². The summed E-state index contributed by atoms with van der Waals surface area (Å²) in [7, 11) is 1.42. The number of oxime groups is 1. The molecule has 1 aliphatic carbocycles. The second kappa shape index (κ2) is 7.65. The zero-order valence-corrected chi connectivity index (χ0v) is 14.2. The molecule has 0 saturated carbocycles. The van der Waals surface area contributed by atoms with Gasteiger partial charge in [-0.25, -0.2) is 0 Å². The van der Waals surface area contributed by atoms with Crippen LogP contribution in [0.3, 0.4) is 0 Å². The maximum Gasteiger partial charge on any atom is 0.181 e. The molecule has 100 valence electrons. The second-order valence-electron chi connectivity index (χ2n) is 4.33. The molecule has 4 nitrogen and oxygen atoms in total. The summed E-state index contributed by atoms with van der Waals surface area (Å²) < 4.78 is 0. The fourth-order valence-corrected chi connectivity index (χ4v) is 1.94. The molecular weight excluding hydrogens is 402 g/mol. The fourth-order valence-electron chi connectivity index (χ4n) is 1.94. The Morgan fingerprint density at radius 2 is 1.89 bits per heavy atom. The van der Waals surface area contributed by atoms with E-state index in [2.05, 4.69) is 5.16 Å². The van der Waals surface area contributed by atoms with Gasteiger partial charge in [-0.3, -0.25) is 4.79 Å². The van der Waals surface area contributed by atoms with Crippen LogP contribution in [0.25, 0.3) is 0 Å². The summed E-state index contributed by atoms with van der Waals surface area (Å²) in [4.78, 5) is 16.2. The predicted octanol–water partition coefficient (Wildman–Crippen LogP) is 1.99. The van der Waals surface area contributed by atoms with Gasteiger partial charge in [0.2, 0.25) is 0 Å². The SMILES string of the molecule is CON=C(C(C)=O)C1=C(CO)CC(C)=C(C)C1.[W]. The Hall–Kier alpha value is -0.732. The van der Waals surface area contributed by atoms with E-state index in [1.807, 2.05) is 13.8 Å². The third kappa shape index (κ3) is 3.89. The minimum atomic E-state index is -0.139. The third-order valence-electron chi connectivity index (χ3n) is 3.07. The molecule has 0 bridgehead atoms. The van der Waals surface area contributed by atoms with Crippen LogP contribution in [0.2, 0.25) is 0 Å². The number of hydrogen-bond acceptors (Lipinski definition) is 4. The zero-order chi connectivity index (χ0) is 13.0. The van der Waals surface area contributed by atoms with Crippen LogP contribution >= 0.6 is 0 Å². The number of carbonyl (C=O) groups excluding carboxylic acids is 1. The average Bonchev–Trinajstić information content (AvgIpc) is 2.29. The van der Waals surface area contributed by atoms with Crippen LogP contribution in [0.5, 0.6) is 0 Å². The quantitative estimate of drug-likeness (QED) is 0.429. The normalized spacial score (nSPS) is 16.6. The zero-order valence-electron chi connectivity index (χ0n) is 11.2. The Morgan fingerprint density at radius 3 is 2.33 bits per heavy atom. The van der Waals surface area contributed by atoms with E-state index < -0.39 is 0 Å². The number of aliphatic hydroxyl groups is 1. The van der Waals surface area contributed by atoms with Crippen molar-refractivity contribution in [3.05, 3.63) is 22.3 Å². The molecule has 0 aromatic heterocycles. The first-order chi connectivity index (χ1) is 8.01. The molecule has 0 unspecified atom stereocenters. The smallest absolute Gasteiger partial charge is 0.181 e. The first kappa shape index (κ1) is 17.3. The number of aliphatic hydroxyl groups excluding tert-OH is 1. The van der Waals surface area contributed by atoms with E-state index in [1.54, 1.807) is 0 Å². The van der Waals surface area contributed by atoms with Gasteiger partial charge in [0.15, 0.2) is 5.78 Å². The van der Waals surface area contributed by atoms with Crippen LogP contribution in [0, 0.1) is 0 Å². The molecule has 18 heavy (non-hydrogen) atoms. The van der Waals surface area contributed by atoms with Crippen molar-refractivity contribution in [2.24, 2.45) is 5.16 Å². The summed E-state index contributed by atoms with van der Waals surface area (Å²) in [5, 5.41) is 13.2. The average molecular weight is 421 g/mol. The summed E-state index contributed by atoms with van der Waals surface area (Å²) in [6.45, 7) is 5.49. The predicted molar refractivity (Wildman–Crippen MR) is 66.8 cm³/mol. The van der Waals surface area contributed by atoms with Gasteiger partial charge in [0.05, 0.1) is 6.61 Å². The van der Waals surface area contributed by atoms with Crippen molar-refractivity contribution in [2.45, 2.75) is 33.6 Å². The van der Waals surface area contributed by atoms with Gasteiger partial charge in [-0.1, -0.05) is 16.3 Å². The van der Waals surface area contributed by atoms with Crippen molar-refractivity contribution in [1.82, 2.24) is 0 Å². The molecule has 0 fully saturated rings. The molecule has 0 radical (unpaired) electrons. The molecule has 5 heteroatoms. The summed E-state index contributed by atoms with van der Waals surface area (Å²) in [5.74, 6) is -0.139. The van der Waals surface area contributed by atoms with Gasteiger partial charge in [-0.2, -0.15) is 0 Å². The van der Waals surface area contributed by atoms with Crippen molar-refractivity contribution in [3.63, 3.8) is 0 Å². The van der Waals surface area contributed by atoms with Crippen molar-refractivity contribution >= 4 is 11.5 Å². The maximum atomic E-state index is 11.5. The minimum absolute atomic E-state index is 0. The van der Waals surface area contributed by atoms with E-state index in [9.17, 15) is 9.90 Å². The second-order valence-corrected chi connectivity index (χ2v) is 4.33. The number of hydrogen-bond donors (Lipinski definition) is 1. The third-order valence-corrected chi connectivity index (χ3v) is 3.07. The molecule has 0 spiro atoms. The van der Waals surface area contributed by atoms with E-state index in [0.717, 1.165) is 11.1 Å². The number of Topliss-reactive ketones (excluding diaryl/α,β-unsaturated/α-hetero) is 1. The molecule has 0 atom stereocenters. The fraction of sp³-hybridized carbons (Fsp3) is 0.538. The minimum Gasteiger partial charge on any atom is -0.399 e. The van der Waals surface area contributed by atoms with Crippen molar-refractivity contribution in [2.75, 3.05) is 13.7 Å². The molecule has 0 aromatic rings. The Balaban J connectivity index is 0.00000289. The van der Waals surface area contributed by atoms with Crippen LogP contribution in [0.4, 0.5) is 0 Å². The van der Waals surface area contributed by atoms with Crippen LogP contribution in [-0.4, -0.2) is 30.3 Å². The van der Waals surface area contributed by atoms with Crippen LogP contribution < -0.4 is 0 Å². The van der Waals surface area contributed by atoms with E-state index in [4.69, 9.17) is 4.84 Å². The van der Waals surface area contributed by atoms with Gasteiger partial charge in [0.1, 0.15) is 12.8 Å². The number of nitrogens with zero attached hydrogens (tertiary/aromatic N) is 1. The molecule has 1 rings (SSSR count). The molecule has 0 amide bonds. The van der Waals surface area contributed by atoms with E-state index in [-0.39, 0.29) is 33.5 Å². The van der Waals surface area contributed by atoms with Gasteiger partial charge < -0.3 is 9.94 Å². The molecule has 0 aliphatic heterocycles. The first-order valence-corrected chi connectivity index (χ1v) is 5.60. The number of ketones is 1. The van der Waals surface area contributed by atoms with Gasteiger partial charge in [0, 0.05) is 28.0 Å². The monoisotopic (exact) mass is 421 g/mol. The van der Waals surface area contributed by atoms with E-state index >= 15 is 0 Å². The number of allylic oxidation sites excluding steroid dienone is 3. The van der Waals surface area contributed by atoms with E-state index in [1.165, 1.54) is 25.2 Å². The van der Waals surface area contributed by atoms with Gasteiger partial charge in [-0.05, 0) is 37.8 Å². The van der Waals surface area contributed by atoms with Gasteiger partial charge in [0.25, 0.3) is 0 Å². The standard InChI is InChI=1S/C13H19NO3.W/c1-8-5-11(7-15)12(6-9(8)2)13(10(3)16)14-17-4;/h15H,5-7H2,1-4H3;. The van der Waals surface area contributed by atoms with Crippen molar-refractivity contribution in [3.8, 4) is 0 Å². The summed E-state index contributed by atoms with van der Waals surface area (Å²) in [5.41, 5.74) is 4.47. The Labute approximate surface area is 122 Å². The summed E-state index contributed by atoms with van der Waals surface area (Å²) >= 11 is 0. The Morgan fingerprint density at radius 1 is 1.33 bits per heavy atom. The number of carbonyl (C=O) groups is 1. The molecule has 1 N–H and O–H groups in total. The molecule has 0 aromatic carbocycles. The van der Waals surface area contributed by atoms with Crippen LogP contribution in [0.15, 0.2) is 27.4 Å². The topological polar surface area (TPSA) is 58.9 Å². The van der Waals surface area contributed by atoms with E-state index in [0.29, 0.717) is 18.6 Å². The maximum absolute atomic E-state index is 11.5. The molecule has 0 heterocycles. The number of rotatable bonds is 4. The van der Waals surface area contributed by atoms with Crippen LogP contribution in [0.1, 0.15) is 33.6 Å². The molecule has 0 saturated heterocycles. The van der Waals surface area contributed by atoms with Crippen LogP contribution in [-0.2, 0) is 30.7 Å². The summed E-state index contributed by atoms with van der Waals surface area (Å²) in [6, 6.07) is 0. The Bertz CT molecular complexity index is 422.